The number of hydrogen-bond acceptors (Lipinski definition) is 2. The predicted molar refractivity (Wildman–Crippen MR) is 76.5 cm³/mol. The van der Waals surface area contributed by atoms with E-state index in [-0.39, 0.29) is 11.9 Å². The van der Waals surface area contributed by atoms with Crippen LogP contribution >= 0.6 is 0 Å². The standard InChI is InChI=1S/C15H30N2O/c1-11(2)9-13(14(18)16-5)17-12-7-6-8-15(3,4)10-12/h11-13,17H,6-10H2,1-5H3,(H,16,18). The minimum atomic E-state index is -0.0334. The van der Waals surface area contributed by atoms with Crippen LogP contribution in [-0.2, 0) is 4.79 Å². The van der Waals surface area contributed by atoms with E-state index in [9.17, 15) is 4.79 Å². The third-order valence-corrected chi connectivity index (χ3v) is 3.91. The minimum absolute atomic E-state index is 0.0334. The number of carbonyl (C=O) groups is 1. The number of rotatable bonds is 5. The van der Waals surface area contributed by atoms with E-state index in [1.807, 2.05) is 0 Å². The molecule has 0 bridgehead atoms. The topological polar surface area (TPSA) is 41.1 Å². The average Bonchev–Trinajstić information content (AvgIpc) is 2.25. The summed E-state index contributed by atoms with van der Waals surface area (Å²) in [4.78, 5) is 11.9. The molecule has 1 aliphatic rings. The summed E-state index contributed by atoms with van der Waals surface area (Å²) in [6.45, 7) is 9.00. The van der Waals surface area contributed by atoms with Crippen LogP contribution in [0.25, 0.3) is 0 Å². The van der Waals surface area contributed by atoms with Gasteiger partial charge < -0.3 is 10.6 Å². The lowest BCUT2D eigenvalue weighted by Gasteiger charge is -2.37. The molecule has 0 radical (unpaired) electrons. The van der Waals surface area contributed by atoms with Crippen LogP contribution in [-0.4, -0.2) is 25.0 Å². The zero-order chi connectivity index (χ0) is 13.8. The fourth-order valence-corrected chi connectivity index (χ4v) is 3.02. The Labute approximate surface area is 112 Å². The van der Waals surface area contributed by atoms with E-state index in [0.717, 1.165) is 6.42 Å². The number of carbonyl (C=O) groups excluding carboxylic acids is 1. The van der Waals surface area contributed by atoms with Gasteiger partial charge in [0.2, 0.25) is 5.91 Å². The molecule has 0 heterocycles. The van der Waals surface area contributed by atoms with E-state index in [0.29, 0.717) is 17.4 Å². The molecule has 2 unspecified atom stereocenters. The summed E-state index contributed by atoms with van der Waals surface area (Å²) in [6, 6.07) is 0.462. The van der Waals surface area contributed by atoms with Gasteiger partial charge in [-0.15, -0.1) is 0 Å². The van der Waals surface area contributed by atoms with Gasteiger partial charge >= 0.3 is 0 Å². The van der Waals surface area contributed by atoms with Crippen LogP contribution in [0.1, 0.15) is 59.8 Å². The second-order valence-corrected chi connectivity index (χ2v) is 6.92. The SMILES string of the molecule is CNC(=O)C(CC(C)C)NC1CCCC(C)(C)C1. The maximum absolute atomic E-state index is 11.9. The van der Waals surface area contributed by atoms with E-state index >= 15 is 0 Å². The fourth-order valence-electron chi connectivity index (χ4n) is 3.02. The lowest BCUT2D eigenvalue weighted by Crippen LogP contribution is -2.50. The Kier molecular flexibility index (Phi) is 5.64. The van der Waals surface area contributed by atoms with Crippen LogP contribution in [0.5, 0.6) is 0 Å². The van der Waals surface area contributed by atoms with E-state index in [1.54, 1.807) is 7.05 Å². The van der Waals surface area contributed by atoms with Crippen LogP contribution in [0.2, 0.25) is 0 Å². The summed E-state index contributed by atoms with van der Waals surface area (Å²) in [7, 11) is 1.72. The molecule has 1 aliphatic carbocycles. The van der Waals surface area contributed by atoms with Crippen molar-refractivity contribution < 1.29 is 4.79 Å². The number of amides is 1. The first kappa shape index (κ1) is 15.5. The van der Waals surface area contributed by atoms with E-state index in [1.165, 1.54) is 25.7 Å². The van der Waals surface area contributed by atoms with Gasteiger partial charge in [0.1, 0.15) is 0 Å². The second-order valence-electron chi connectivity index (χ2n) is 6.92. The Morgan fingerprint density at radius 3 is 2.56 bits per heavy atom. The van der Waals surface area contributed by atoms with Crippen molar-refractivity contribution in [3.63, 3.8) is 0 Å². The van der Waals surface area contributed by atoms with Crippen molar-refractivity contribution in [3.8, 4) is 0 Å². The highest BCUT2D eigenvalue weighted by molar-refractivity contribution is 5.81. The van der Waals surface area contributed by atoms with Crippen molar-refractivity contribution in [1.29, 1.82) is 0 Å². The Balaban J connectivity index is 2.57. The summed E-state index contributed by atoms with van der Waals surface area (Å²) < 4.78 is 0. The highest BCUT2D eigenvalue weighted by Crippen LogP contribution is 2.35. The number of nitrogens with one attached hydrogen (secondary N) is 2. The Morgan fingerprint density at radius 2 is 2.06 bits per heavy atom. The molecule has 2 N–H and O–H groups in total. The molecule has 0 saturated heterocycles. The largest absolute Gasteiger partial charge is 0.358 e. The first-order valence-electron chi connectivity index (χ1n) is 7.31. The highest BCUT2D eigenvalue weighted by Gasteiger charge is 2.30. The van der Waals surface area contributed by atoms with Crippen LogP contribution < -0.4 is 10.6 Å². The lowest BCUT2D eigenvalue weighted by molar-refractivity contribution is -0.123. The van der Waals surface area contributed by atoms with Crippen LogP contribution in [0.15, 0.2) is 0 Å². The molecule has 106 valence electrons. The summed E-state index contributed by atoms with van der Waals surface area (Å²) >= 11 is 0. The van der Waals surface area contributed by atoms with Gasteiger partial charge in [-0.2, -0.15) is 0 Å². The molecule has 0 aromatic rings. The molecular formula is C15H30N2O. The molecule has 3 nitrogen and oxygen atoms in total. The Morgan fingerprint density at radius 1 is 1.39 bits per heavy atom. The van der Waals surface area contributed by atoms with Crippen molar-refractivity contribution in [3.05, 3.63) is 0 Å². The molecule has 0 spiro atoms. The van der Waals surface area contributed by atoms with E-state index in [2.05, 4.69) is 38.3 Å². The summed E-state index contributed by atoms with van der Waals surface area (Å²) in [5, 5.41) is 6.36. The van der Waals surface area contributed by atoms with Crippen molar-refractivity contribution >= 4 is 5.91 Å². The first-order valence-corrected chi connectivity index (χ1v) is 7.31. The molecule has 0 aromatic heterocycles. The maximum atomic E-state index is 11.9. The van der Waals surface area contributed by atoms with Gasteiger partial charge in [-0.25, -0.2) is 0 Å². The van der Waals surface area contributed by atoms with Crippen molar-refractivity contribution in [2.24, 2.45) is 11.3 Å². The zero-order valence-corrected chi connectivity index (χ0v) is 12.7. The predicted octanol–water partition coefficient (Wildman–Crippen LogP) is 2.71. The van der Waals surface area contributed by atoms with Crippen molar-refractivity contribution in [2.45, 2.75) is 71.9 Å². The molecular weight excluding hydrogens is 224 g/mol. The van der Waals surface area contributed by atoms with E-state index in [4.69, 9.17) is 0 Å². The molecule has 3 heteroatoms. The van der Waals surface area contributed by atoms with Gasteiger partial charge in [0.15, 0.2) is 0 Å². The molecule has 1 rings (SSSR count). The van der Waals surface area contributed by atoms with Gasteiger partial charge in [0.05, 0.1) is 6.04 Å². The average molecular weight is 254 g/mol. The first-order chi connectivity index (χ1) is 8.34. The van der Waals surface area contributed by atoms with Gasteiger partial charge in [-0.3, -0.25) is 4.79 Å². The third-order valence-electron chi connectivity index (χ3n) is 3.91. The van der Waals surface area contributed by atoms with Gasteiger partial charge in [-0.05, 0) is 37.0 Å². The molecule has 18 heavy (non-hydrogen) atoms. The zero-order valence-electron chi connectivity index (χ0n) is 12.7. The smallest absolute Gasteiger partial charge is 0.236 e. The van der Waals surface area contributed by atoms with Crippen LogP contribution in [0.4, 0.5) is 0 Å². The summed E-state index contributed by atoms with van der Waals surface area (Å²) in [5.41, 5.74) is 0.418. The van der Waals surface area contributed by atoms with Gasteiger partial charge in [0.25, 0.3) is 0 Å². The molecule has 2 atom stereocenters. The molecule has 1 fully saturated rings. The molecule has 0 aliphatic heterocycles. The van der Waals surface area contributed by atoms with Gasteiger partial charge in [0, 0.05) is 13.1 Å². The molecule has 1 amide bonds. The normalized spacial score (nSPS) is 24.9. The lowest BCUT2D eigenvalue weighted by atomic mass is 9.75. The minimum Gasteiger partial charge on any atom is -0.358 e. The van der Waals surface area contributed by atoms with E-state index < -0.39 is 0 Å². The summed E-state index contributed by atoms with van der Waals surface area (Å²) in [6.07, 6.45) is 5.87. The van der Waals surface area contributed by atoms with Crippen molar-refractivity contribution in [1.82, 2.24) is 10.6 Å². The second kappa shape index (κ2) is 6.55. The van der Waals surface area contributed by atoms with Crippen LogP contribution in [0.3, 0.4) is 0 Å². The van der Waals surface area contributed by atoms with Crippen molar-refractivity contribution in [2.75, 3.05) is 7.05 Å². The molecule has 0 aromatic carbocycles. The van der Waals surface area contributed by atoms with Crippen LogP contribution in [0, 0.1) is 11.3 Å². The third kappa shape index (κ3) is 4.97. The Bertz CT molecular complexity index is 274. The monoisotopic (exact) mass is 254 g/mol. The molecule has 1 saturated carbocycles. The summed E-state index contributed by atoms with van der Waals surface area (Å²) in [5.74, 6) is 0.670. The Hall–Kier alpha value is -0.570. The fraction of sp³-hybridized carbons (Fsp3) is 0.933. The van der Waals surface area contributed by atoms with Gasteiger partial charge in [-0.1, -0.05) is 34.1 Å². The highest BCUT2D eigenvalue weighted by atomic mass is 16.2. The number of likely N-dealkylation sites (N-methyl/N-ethyl adjacent to an activating group) is 1. The quantitative estimate of drug-likeness (QED) is 0.792. The maximum Gasteiger partial charge on any atom is 0.236 e. The number of hydrogen-bond donors (Lipinski definition) is 2.